The van der Waals surface area contributed by atoms with E-state index in [0.717, 1.165) is 10.9 Å². The van der Waals surface area contributed by atoms with Crippen molar-refractivity contribution in [3.05, 3.63) is 36.5 Å². The van der Waals surface area contributed by atoms with Gasteiger partial charge in [-0.2, -0.15) is 5.26 Å². The summed E-state index contributed by atoms with van der Waals surface area (Å²) in [7, 11) is 1.68. The Balaban J connectivity index is 2.20. The average molecular weight is 268 g/mol. The van der Waals surface area contributed by atoms with E-state index in [0.29, 0.717) is 12.1 Å². The van der Waals surface area contributed by atoms with Crippen molar-refractivity contribution in [1.29, 1.82) is 5.26 Å². The number of amides is 2. The Morgan fingerprint density at radius 2 is 2.20 bits per heavy atom. The maximum atomic E-state index is 12.2. The van der Waals surface area contributed by atoms with Crippen molar-refractivity contribution in [2.45, 2.75) is 19.4 Å². The molecule has 2 rings (SSSR count). The van der Waals surface area contributed by atoms with Gasteiger partial charge in [0.15, 0.2) is 0 Å². The number of aromatic nitrogens is 1. The van der Waals surface area contributed by atoms with Crippen molar-refractivity contribution in [2.24, 2.45) is 0 Å². The lowest BCUT2D eigenvalue weighted by atomic mass is 10.2. The van der Waals surface area contributed by atoms with Gasteiger partial charge in [0.1, 0.15) is 0 Å². The molecule has 0 fully saturated rings. The molecule has 20 heavy (non-hydrogen) atoms. The summed E-state index contributed by atoms with van der Waals surface area (Å²) >= 11 is 0. The van der Waals surface area contributed by atoms with Crippen molar-refractivity contribution in [2.75, 3.05) is 12.4 Å². The number of benzene rings is 1. The number of hydrogen-bond acceptors (Lipinski definition) is 3. The molecule has 1 aromatic carbocycles. The molecule has 0 aliphatic rings. The van der Waals surface area contributed by atoms with Gasteiger partial charge >= 0.3 is 6.03 Å². The highest BCUT2D eigenvalue weighted by Gasteiger charge is 2.16. The van der Waals surface area contributed by atoms with E-state index in [9.17, 15) is 4.79 Å². The number of carbonyl (C=O) groups is 1. The summed E-state index contributed by atoms with van der Waals surface area (Å²) in [6.45, 7) is 1.84. The lowest BCUT2D eigenvalue weighted by molar-refractivity contribution is 0.208. The molecule has 2 aromatic rings. The van der Waals surface area contributed by atoms with Crippen LogP contribution in [0.1, 0.15) is 13.3 Å². The van der Waals surface area contributed by atoms with Gasteiger partial charge in [0.05, 0.1) is 23.7 Å². The quantitative estimate of drug-likeness (QED) is 0.930. The van der Waals surface area contributed by atoms with Crippen LogP contribution in [0.4, 0.5) is 10.5 Å². The SMILES string of the molecule is C[C@@H](CC#N)N(C)C(=O)Nc1cccc2cccnc12. The molecule has 1 N–H and O–H groups in total. The van der Waals surface area contributed by atoms with Crippen LogP contribution in [0, 0.1) is 11.3 Å². The second kappa shape index (κ2) is 6.02. The fourth-order valence-corrected chi connectivity index (χ4v) is 1.88. The van der Waals surface area contributed by atoms with Gasteiger partial charge in [0, 0.05) is 24.7 Å². The number of hydrogen-bond donors (Lipinski definition) is 1. The topological polar surface area (TPSA) is 69.0 Å². The summed E-state index contributed by atoms with van der Waals surface area (Å²) in [4.78, 5) is 18.0. The molecule has 0 unspecified atom stereocenters. The lowest BCUT2D eigenvalue weighted by Crippen LogP contribution is -2.38. The Morgan fingerprint density at radius 1 is 1.45 bits per heavy atom. The van der Waals surface area contributed by atoms with Crippen molar-refractivity contribution in [3.63, 3.8) is 0 Å². The fraction of sp³-hybridized carbons (Fsp3) is 0.267. The number of fused-ring (bicyclic) bond motifs is 1. The van der Waals surface area contributed by atoms with E-state index in [-0.39, 0.29) is 12.1 Å². The number of rotatable bonds is 3. The summed E-state index contributed by atoms with van der Waals surface area (Å²) in [6, 6.07) is 11.1. The van der Waals surface area contributed by atoms with Crippen LogP contribution >= 0.6 is 0 Å². The molecule has 0 radical (unpaired) electrons. The van der Waals surface area contributed by atoms with Crippen LogP contribution < -0.4 is 5.32 Å². The van der Waals surface area contributed by atoms with E-state index in [1.165, 1.54) is 4.90 Å². The second-order valence-electron chi connectivity index (χ2n) is 4.63. The normalized spacial score (nSPS) is 11.7. The number of nitriles is 1. The van der Waals surface area contributed by atoms with Gasteiger partial charge in [-0.3, -0.25) is 4.98 Å². The Labute approximate surface area is 117 Å². The van der Waals surface area contributed by atoms with E-state index in [4.69, 9.17) is 5.26 Å². The van der Waals surface area contributed by atoms with Gasteiger partial charge in [0.25, 0.3) is 0 Å². The number of anilines is 1. The third-order valence-electron chi connectivity index (χ3n) is 3.24. The van der Waals surface area contributed by atoms with E-state index in [2.05, 4.69) is 16.4 Å². The minimum atomic E-state index is -0.245. The third kappa shape index (κ3) is 2.86. The highest BCUT2D eigenvalue weighted by molar-refractivity contribution is 5.99. The molecule has 0 saturated heterocycles. The number of para-hydroxylation sites is 1. The molecular weight excluding hydrogens is 252 g/mol. The number of pyridine rings is 1. The van der Waals surface area contributed by atoms with Crippen LogP contribution in [0.2, 0.25) is 0 Å². The first-order valence-electron chi connectivity index (χ1n) is 6.38. The van der Waals surface area contributed by atoms with Crippen LogP contribution in [-0.4, -0.2) is 29.0 Å². The summed E-state index contributed by atoms with van der Waals surface area (Å²) < 4.78 is 0. The minimum absolute atomic E-state index is 0.136. The zero-order valence-electron chi connectivity index (χ0n) is 11.5. The monoisotopic (exact) mass is 268 g/mol. The standard InChI is InChI=1S/C15H16N4O/c1-11(8-9-16)19(2)15(20)18-13-7-3-5-12-6-4-10-17-14(12)13/h3-7,10-11H,8H2,1-2H3,(H,18,20)/t11-/m0/s1. The van der Waals surface area contributed by atoms with E-state index < -0.39 is 0 Å². The summed E-state index contributed by atoms with van der Waals surface area (Å²) in [6.07, 6.45) is 2.00. The predicted molar refractivity (Wildman–Crippen MR) is 78.2 cm³/mol. The van der Waals surface area contributed by atoms with E-state index >= 15 is 0 Å². The molecule has 0 bridgehead atoms. The highest BCUT2D eigenvalue weighted by atomic mass is 16.2. The Bertz CT molecular complexity index is 657. The molecule has 102 valence electrons. The molecule has 0 aliphatic heterocycles. The molecule has 2 amide bonds. The molecule has 0 spiro atoms. The first-order valence-corrected chi connectivity index (χ1v) is 6.38. The molecular formula is C15H16N4O. The average Bonchev–Trinajstić information content (AvgIpc) is 2.47. The maximum Gasteiger partial charge on any atom is 0.321 e. The zero-order valence-corrected chi connectivity index (χ0v) is 11.5. The first-order chi connectivity index (χ1) is 9.63. The van der Waals surface area contributed by atoms with E-state index in [1.54, 1.807) is 13.2 Å². The fourth-order valence-electron chi connectivity index (χ4n) is 1.88. The largest absolute Gasteiger partial charge is 0.324 e. The summed E-state index contributed by atoms with van der Waals surface area (Å²) in [5.41, 5.74) is 1.42. The Kier molecular flexibility index (Phi) is 4.16. The third-order valence-corrected chi connectivity index (χ3v) is 3.24. The minimum Gasteiger partial charge on any atom is -0.324 e. The van der Waals surface area contributed by atoms with Crippen LogP contribution in [0.15, 0.2) is 36.5 Å². The number of urea groups is 1. The van der Waals surface area contributed by atoms with Gasteiger partial charge in [0.2, 0.25) is 0 Å². The summed E-state index contributed by atoms with van der Waals surface area (Å²) in [5.74, 6) is 0. The highest BCUT2D eigenvalue weighted by Crippen LogP contribution is 2.21. The van der Waals surface area contributed by atoms with Gasteiger partial charge in [-0.25, -0.2) is 4.79 Å². The van der Waals surface area contributed by atoms with Crippen LogP contribution in [0.3, 0.4) is 0 Å². The van der Waals surface area contributed by atoms with Crippen LogP contribution in [0.25, 0.3) is 10.9 Å². The molecule has 1 aromatic heterocycles. The van der Waals surface area contributed by atoms with Gasteiger partial charge in [-0.15, -0.1) is 0 Å². The molecule has 0 saturated carbocycles. The predicted octanol–water partition coefficient (Wildman–Crippen LogP) is 3.00. The lowest BCUT2D eigenvalue weighted by Gasteiger charge is -2.23. The van der Waals surface area contributed by atoms with Crippen molar-refractivity contribution < 1.29 is 4.79 Å². The second-order valence-corrected chi connectivity index (χ2v) is 4.63. The smallest absolute Gasteiger partial charge is 0.321 e. The number of nitrogens with one attached hydrogen (secondary N) is 1. The Hall–Kier alpha value is -2.61. The Morgan fingerprint density at radius 3 is 2.95 bits per heavy atom. The summed E-state index contributed by atoms with van der Waals surface area (Å²) in [5, 5.41) is 12.5. The van der Waals surface area contributed by atoms with Crippen LogP contribution in [-0.2, 0) is 0 Å². The molecule has 5 heteroatoms. The molecule has 0 aliphatic carbocycles. The first kappa shape index (κ1) is 13.8. The molecule has 1 atom stereocenters. The maximum absolute atomic E-state index is 12.2. The number of carbonyl (C=O) groups excluding carboxylic acids is 1. The van der Waals surface area contributed by atoms with Crippen molar-refractivity contribution >= 4 is 22.6 Å². The van der Waals surface area contributed by atoms with Crippen LogP contribution in [0.5, 0.6) is 0 Å². The molecule has 1 heterocycles. The van der Waals surface area contributed by atoms with Gasteiger partial charge < -0.3 is 10.2 Å². The van der Waals surface area contributed by atoms with Crippen molar-refractivity contribution in [3.8, 4) is 6.07 Å². The molecule has 5 nitrogen and oxygen atoms in total. The zero-order chi connectivity index (χ0) is 14.5. The number of nitrogens with zero attached hydrogens (tertiary/aromatic N) is 3. The van der Waals surface area contributed by atoms with Gasteiger partial charge in [-0.05, 0) is 19.1 Å². The van der Waals surface area contributed by atoms with E-state index in [1.807, 2.05) is 37.3 Å². The van der Waals surface area contributed by atoms with Crippen molar-refractivity contribution in [1.82, 2.24) is 9.88 Å². The van der Waals surface area contributed by atoms with Gasteiger partial charge in [-0.1, -0.05) is 18.2 Å².